The zero-order chi connectivity index (χ0) is 12.0. The van der Waals surface area contributed by atoms with Crippen molar-refractivity contribution in [1.29, 1.82) is 0 Å². The standard InChI is InChI=1S/C11H15FN2O2/c1-14-11(15)3-2-6-16-8-4-5-10(13)9(12)7-8/h4-5,7H,2-3,6,13H2,1H3,(H,14,15). The largest absolute Gasteiger partial charge is 0.493 e. The van der Waals surface area contributed by atoms with Crippen molar-refractivity contribution in [3.8, 4) is 5.75 Å². The molecule has 88 valence electrons. The van der Waals surface area contributed by atoms with Crippen LogP contribution in [0, 0.1) is 5.82 Å². The van der Waals surface area contributed by atoms with Gasteiger partial charge in [-0.1, -0.05) is 0 Å². The summed E-state index contributed by atoms with van der Waals surface area (Å²) in [6.07, 6.45) is 0.986. The summed E-state index contributed by atoms with van der Waals surface area (Å²) in [6, 6.07) is 4.27. The summed E-state index contributed by atoms with van der Waals surface area (Å²) in [4.78, 5) is 10.9. The molecule has 1 aromatic rings. The number of nitrogens with two attached hydrogens (primary N) is 1. The second-order valence-electron chi connectivity index (χ2n) is 3.31. The summed E-state index contributed by atoms with van der Waals surface area (Å²) in [6.45, 7) is 0.372. The zero-order valence-electron chi connectivity index (χ0n) is 9.13. The molecule has 1 rings (SSSR count). The molecule has 1 amide bonds. The number of halogens is 1. The van der Waals surface area contributed by atoms with Crippen LogP contribution in [0.4, 0.5) is 10.1 Å². The summed E-state index contributed by atoms with van der Waals surface area (Å²) in [5.41, 5.74) is 5.41. The first-order valence-corrected chi connectivity index (χ1v) is 5.02. The van der Waals surface area contributed by atoms with Gasteiger partial charge in [-0.15, -0.1) is 0 Å². The molecule has 0 aromatic heterocycles. The molecule has 1 aromatic carbocycles. The summed E-state index contributed by atoms with van der Waals surface area (Å²) in [5, 5.41) is 2.51. The molecule has 0 bridgehead atoms. The summed E-state index contributed by atoms with van der Waals surface area (Å²) < 4.78 is 18.3. The van der Waals surface area contributed by atoms with Gasteiger partial charge in [-0.3, -0.25) is 4.79 Å². The van der Waals surface area contributed by atoms with Crippen molar-refractivity contribution < 1.29 is 13.9 Å². The van der Waals surface area contributed by atoms with Gasteiger partial charge < -0.3 is 15.8 Å². The highest BCUT2D eigenvalue weighted by Gasteiger charge is 2.01. The third-order valence-corrected chi connectivity index (χ3v) is 2.07. The van der Waals surface area contributed by atoms with E-state index in [4.69, 9.17) is 10.5 Å². The fraction of sp³-hybridized carbons (Fsp3) is 0.364. The number of benzene rings is 1. The maximum atomic E-state index is 13.0. The van der Waals surface area contributed by atoms with Gasteiger partial charge in [0.1, 0.15) is 11.6 Å². The minimum Gasteiger partial charge on any atom is -0.493 e. The lowest BCUT2D eigenvalue weighted by atomic mass is 10.3. The maximum Gasteiger partial charge on any atom is 0.219 e. The fourth-order valence-corrected chi connectivity index (χ4v) is 1.15. The van der Waals surface area contributed by atoms with Crippen LogP contribution in [0.15, 0.2) is 18.2 Å². The molecule has 16 heavy (non-hydrogen) atoms. The minimum absolute atomic E-state index is 0.0351. The maximum absolute atomic E-state index is 13.0. The van der Waals surface area contributed by atoms with E-state index in [9.17, 15) is 9.18 Å². The lowest BCUT2D eigenvalue weighted by Gasteiger charge is -2.06. The number of anilines is 1. The van der Waals surface area contributed by atoms with Crippen LogP contribution in [0.3, 0.4) is 0 Å². The Bertz CT molecular complexity index is 369. The lowest BCUT2D eigenvalue weighted by molar-refractivity contribution is -0.120. The number of carbonyl (C=O) groups is 1. The molecule has 0 atom stereocenters. The zero-order valence-corrected chi connectivity index (χ0v) is 9.13. The molecule has 0 radical (unpaired) electrons. The molecular formula is C11H15FN2O2. The van der Waals surface area contributed by atoms with Crippen LogP contribution >= 0.6 is 0 Å². The third-order valence-electron chi connectivity index (χ3n) is 2.07. The second kappa shape index (κ2) is 5.95. The summed E-state index contributed by atoms with van der Waals surface area (Å²) in [7, 11) is 1.58. The molecule has 0 spiro atoms. The molecular weight excluding hydrogens is 211 g/mol. The SMILES string of the molecule is CNC(=O)CCCOc1ccc(N)c(F)c1. The van der Waals surface area contributed by atoms with E-state index in [1.54, 1.807) is 13.1 Å². The molecule has 0 aliphatic carbocycles. The Kier molecular flexibility index (Phi) is 4.57. The molecule has 0 aliphatic heterocycles. The number of nitrogens with one attached hydrogen (secondary N) is 1. The molecule has 0 aliphatic rings. The Hall–Kier alpha value is -1.78. The number of amides is 1. The predicted octanol–water partition coefficient (Wildman–Crippen LogP) is 1.31. The van der Waals surface area contributed by atoms with E-state index < -0.39 is 5.82 Å². The lowest BCUT2D eigenvalue weighted by Crippen LogP contribution is -2.18. The first-order valence-electron chi connectivity index (χ1n) is 5.02. The van der Waals surface area contributed by atoms with Crippen LogP contribution in [0.2, 0.25) is 0 Å². The number of carbonyl (C=O) groups excluding carboxylic acids is 1. The van der Waals surface area contributed by atoms with Crippen LogP contribution in [0.5, 0.6) is 5.75 Å². The normalized spacial score (nSPS) is 9.88. The van der Waals surface area contributed by atoms with Gasteiger partial charge in [-0.2, -0.15) is 0 Å². The molecule has 4 nitrogen and oxygen atoms in total. The van der Waals surface area contributed by atoms with Crippen molar-refractivity contribution in [3.63, 3.8) is 0 Å². The van der Waals surface area contributed by atoms with Crippen LogP contribution in [-0.2, 0) is 4.79 Å². The highest BCUT2D eigenvalue weighted by molar-refractivity contribution is 5.75. The second-order valence-corrected chi connectivity index (χ2v) is 3.31. The average Bonchev–Trinajstić information content (AvgIpc) is 2.28. The van der Waals surface area contributed by atoms with Gasteiger partial charge in [-0.25, -0.2) is 4.39 Å². The van der Waals surface area contributed by atoms with E-state index in [1.165, 1.54) is 12.1 Å². The molecule has 0 saturated carbocycles. The van der Waals surface area contributed by atoms with Crippen molar-refractivity contribution in [2.45, 2.75) is 12.8 Å². The average molecular weight is 226 g/mol. The van der Waals surface area contributed by atoms with E-state index in [0.717, 1.165) is 0 Å². The monoisotopic (exact) mass is 226 g/mol. The van der Waals surface area contributed by atoms with Crippen LogP contribution in [0.25, 0.3) is 0 Å². The van der Waals surface area contributed by atoms with Gasteiger partial charge in [0.2, 0.25) is 5.91 Å². The van der Waals surface area contributed by atoms with Gasteiger partial charge in [0, 0.05) is 19.5 Å². The smallest absolute Gasteiger partial charge is 0.219 e. The Morgan fingerprint density at radius 1 is 1.56 bits per heavy atom. The number of hydrogen-bond donors (Lipinski definition) is 2. The number of ether oxygens (including phenoxy) is 1. The molecule has 0 fully saturated rings. The van der Waals surface area contributed by atoms with Gasteiger partial charge >= 0.3 is 0 Å². The van der Waals surface area contributed by atoms with Gasteiger partial charge in [-0.05, 0) is 18.6 Å². The van der Waals surface area contributed by atoms with Gasteiger partial charge in [0.25, 0.3) is 0 Å². The molecule has 5 heteroatoms. The van der Waals surface area contributed by atoms with E-state index >= 15 is 0 Å². The molecule has 0 saturated heterocycles. The predicted molar refractivity (Wildman–Crippen MR) is 59.6 cm³/mol. The Labute approximate surface area is 93.6 Å². The first kappa shape index (κ1) is 12.3. The van der Waals surface area contributed by atoms with E-state index in [0.29, 0.717) is 25.2 Å². The van der Waals surface area contributed by atoms with Crippen LogP contribution in [0.1, 0.15) is 12.8 Å². The summed E-state index contributed by atoms with van der Waals surface area (Å²) in [5.74, 6) is -0.112. The van der Waals surface area contributed by atoms with Crippen LogP contribution in [-0.4, -0.2) is 19.6 Å². The minimum atomic E-state index is -0.496. The molecule has 0 unspecified atom stereocenters. The topological polar surface area (TPSA) is 64.3 Å². The van der Waals surface area contributed by atoms with Gasteiger partial charge in [0.05, 0.1) is 12.3 Å². The van der Waals surface area contributed by atoms with Crippen molar-refractivity contribution in [1.82, 2.24) is 5.32 Å². The highest BCUT2D eigenvalue weighted by Crippen LogP contribution is 2.18. The van der Waals surface area contributed by atoms with E-state index in [1.807, 2.05) is 0 Å². The number of rotatable bonds is 5. The van der Waals surface area contributed by atoms with Crippen LogP contribution < -0.4 is 15.8 Å². The van der Waals surface area contributed by atoms with Crippen molar-refractivity contribution in [2.24, 2.45) is 0 Å². The van der Waals surface area contributed by atoms with Gasteiger partial charge in [0.15, 0.2) is 0 Å². The summed E-state index contributed by atoms with van der Waals surface area (Å²) >= 11 is 0. The Morgan fingerprint density at radius 2 is 2.31 bits per heavy atom. The Morgan fingerprint density at radius 3 is 2.94 bits per heavy atom. The third kappa shape index (κ3) is 3.76. The van der Waals surface area contributed by atoms with E-state index in [-0.39, 0.29) is 11.6 Å². The van der Waals surface area contributed by atoms with Crippen molar-refractivity contribution in [3.05, 3.63) is 24.0 Å². The number of nitrogen functional groups attached to an aromatic ring is 1. The number of hydrogen-bond acceptors (Lipinski definition) is 3. The first-order chi connectivity index (χ1) is 7.63. The molecule has 3 N–H and O–H groups in total. The van der Waals surface area contributed by atoms with Crippen molar-refractivity contribution in [2.75, 3.05) is 19.4 Å². The quantitative estimate of drug-likeness (QED) is 0.587. The van der Waals surface area contributed by atoms with Crippen molar-refractivity contribution >= 4 is 11.6 Å². The van der Waals surface area contributed by atoms with E-state index in [2.05, 4.69) is 5.32 Å². The highest BCUT2D eigenvalue weighted by atomic mass is 19.1. The Balaban J connectivity index is 2.32. The fourth-order valence-electron chi connectivity index (χ4n) is 1.15. The molecule has 0 heterocycles.